The highest BCUT2D eigenvalue weighted by atomic mass is 32.2. The van der Waals surface area contributed by atoms with Gasteiger partial charge in [0.25, 0.3) is 0 Å². The number of rotatable bonds is 9. The van der Waals surface area contributed by atoms with E-state index in [1.807, 2.05) is 6.92 Å². The van der Waals surface area contributed by atoms with Gasteiger partial charge in [-0.25, -0.2) is 16.8 Å². The molecular formula is C20H30N2O5S2. The van der Waals surface area contributed by atoms with Crippen molar-refractivity contribution in [1.29, 1.82) is 0 Å². The van der Waals surface area contributed by atoms with Crippen molar-refractivity contribution in [2.24, 2.45) is 0 Å². The van der Waals surface area contributed by atoms with Gasteiger partial charge in [-0.1, -0.05) is 32.9 Å². The van der Waals surface area contributed by atoms with Crippen molar-refractivity contribution >= 4 is 31.8 Å². The molecule has 0 saturated carbocycles. The molecule has 0 unspecified atom stereocenters. The minimum Gasteiger partial charge on any atom is -0.335 e. The molecule has 0 aromatic heterocycles. The molecule has 1 saturated heterocycles. The average Bonchev–Trinajstić information content (AvgIpc) is 3.04. The van der Waals surface area contributed by atoms with Gasteiger partial charge in [-0.15, -0.1) is 0 Å². The van der Waals surface area contributed by atoms with E-state index in [9.17, 15) is 21.6 Å². The SMILES string of the molecule is CCCN(C(=O)/C=C/c1ccc(S(=O)(=O)N(CC)CC)cc1)[C@@H]1CCS(=O)(=O)C1. The monoisotopic (exact) mass is 442 g/mol. The lowest BCUT2D eigenvalue weighted by molar-refractivity contribution is -0.127. The molecule has 2 rings (SSSR count). The molecule has 0 aliphatic carbocycles. The van der Waals surface area contributed by atoms with Crippen LogP contribution in [0.3, 0.4) is 0 Å². The van der Waals surface area contributed by atoms with Crippen LogP contribution in [0.2, 0.25) is 0 Å². The highest BCUT2D eigenvalue weighted by molar-refractivity contribution is 7.91. The standard InChI is InChI=1S/C20H30N2O5S2/c1-4-14-22(18-13-15-28(24,25)16-18)20(23)12-9-17-7-10-19(11-8-17)29(26,27)21(5-2)6-3/h7-12,18H,4-6,13-16H2,1-3H3/b12-9+/t18-/m1/s1. The van der Waals surface area contributed by atoms with Crippen molar-refractivity contribution < 1.29 is 21.6 Å². The summed E-state index contributed by atoms with van der Waals surface area (Å²) in [5.41, 5.74) is 0.701. The van der Waals surface area contributed by atoms with Crippen molar-refractivity contribution in [2.45, 2.75) is 44.6 Å². The second-order valence-electron chi connectivity index (χ2n) is 7.08. The first-order valence-corrected chi connectivity index (χ1v) is 13.2. The van der Waals surface area contributed by atoms with E-state index in [4.69, 9.17) is 0 Å². The summed E-state index contributed by atoms with van der Waals surface area (Å²) in [6.45, 7) is 6.84. The molecule has 162 valence electrons. The van der Waals surface area contributed by atoms with Crippen LogP contribution in [0, 0.1) is 0 Å². The fourth-order valence-electron chi connectivity index (χ4n) is 3.46. The largest absolute Gasteiger partial charge is 0.335 e. The molecule has 0 N–H and O–H groups in total. The third-order valence-electron chi connectivity index (χ3n) is 5.04. The number of sulfone groups is 1. The number of carbonyl (C=O) groups excluding carboxylic acids is 1. The molecule has 1 aliphatic heterocycles. The number of hydrogen-bond donors (Lipinski definition) is 0. The second kappa shape index (κ2) is 9.86. The minimum absolute atomic E-state index is 0.0183. The van der Waals surface area contributed by atoms with Crippen LogP contribution >= 0.6 is 0 Å². The number of benzene rings is 1. The minimum atomic E-state index is -3.51. The Morgan fingerprint density at radius 3 is 2.24 bits per heavy atom. The summed E-state index contributed by atoms with van der Waals surface area (Å²) < 4.78 is 49.9. The maximum atomic E-state index is 12.6. The number of nitrogens with zero attached hydrogens (tertiary/aromatic N) is 2. The molecule has 1 aromatic rings. The van der Waals surface area contributed by atoms with Crippen LogP contribution in [-0.2, 0) is 24.7 Å². The Hall–Kier alpha value is -1.71. The lowest BCUT2D eigenvalue weighted by Gasteiger charge is -2.26. The smallest absolute Gasteiger partial charge is 0.246 e. The van der Waals surface area contributed by atoms with Crippen LogP contribution in [0.15, 0.2) is 35.2 Å². The summed E-state index contributed by atoms with van der Waals surface area (Å²) in [5, 5.41) is 0. The van der Waals surface area contributed by atoms with E-state index < -0.39 is 19.9 Å². The third-order valence-corrected chi connectivity index (χ3v) is 8.85. The molecule has 0 bridgehead atoms. The number of amides is 1. The predicted octanol–water partition coefficient (Wildman–Crippen LogP) is 2.16. The Bertz CT molecular complexity index is 934. The fraction of sp³-hybridized carbons (Fsp3) is 0.550. The van der Waals surface area contributed by atoms with E-state index in [0.717, 1.165) is 6.42 Å². The zero-order valence-electron chi connectivity index (χ0n) is 17.2. The third kappa shape index (κ3) is 5.90. The Labute approximate surface area is 174 Å². The topological polar surface area (TPSA) is 91.8 Å². The first kappa shape index (κ1) is 23.6. The highest BCUT2D eigenvalue weighted by Crippen LogP contribution is 2.20. The summed E-state index contributed by atoms with van der Waals surface area (Å²) in [5.74, 6) is -0.0873. The molecule has 1 aromatic carbocycles. The van der Waals surface area contributed by atoms with Crippen molar-refractivity contribution in [3.63, 3.8) is 0 Å². The van der Waals surface area contributed by atoms with Crippen LogP contribution in [0.1, 0.15) is 39.2 Å². The van der Waals surface area contributed by atoms with Crippen LogP contribution in [-0.4, -0.2) is 69.1 Å². The first-order chi connectivity index (χ1) is 13.6. The summed E-state index contributed by atoms with van der Waals surface area (Å²) in [4.78, 5) is 14.5. The maximum Gasteiger partial charge on any atom is 0.246 e. The molecule has 1 atom stereocenters. The summed E-state index contributed by atoms with van der Waals surface area (Å²) >= 11 is 0. The lowest BCUT2D eigenvalue weighted by atomic mass is 10.2. The van der Waals surface area contributed by atoms with Crippen LogP contribution in [0.25, 0.3) is 6.08 Å². The van der Waals surface area contributed by atoms with E-state index in [0.29, 0.717) is 31.6 Å². The summed E-state index contributed by atoms with van der Waals surface area (Å²) in [7, 11) is -6.58. The molecular weight excluding hydrogens is 412 g/mol. The highest BCUT2D eigenvalue weighted by Gasteiger charge is 2.33. The molecule has 1 amide bonds. The van der Waals surface area contributed by atoms with Gasteiger partial charge < -0.3 is 4.90 Å². The molecule has 1 aliphatic rings. The van der Waals surface area contributed by atoms with E-state index in [-0.39, 0.29) is 28.4 Å². The van der Waals surface area contributed by atoms with Crippen molar-refractivity contribution in [3.05, 3.63) is 35.9 Å². The van der Waals surface area contributed by atoms with E-state index in [1.165, 1.54) is 22.5 Å². The zero-order valence-corrected chi connectivity index (χ0v) is 18.9. The van der Waals surface area contributed by atoms with Gasteiger partial charge in [-0.3, -0.25) is 4.79 Å². The van der Waals surface area contributed by atoms with Crippen LogP contribution < -0.4 is 0 Å². The van der Waals surface area contributed by atoms with Gasteiger partial charge in [-0.2, -0.15) is 4.31 Å². The van der Waals surface area contributed by atoms with Crippen LogP contribution in [0.4, 0.5) is 0 Å². The Morgan fingerprint density at radius 2 is 1.76 bits per heavy atom. The van der Waals surface area contributed by atoms with Gasteiger partial charge in [-0.05, 0) is 36.6 Å². The van der Waals surface area contributed by atoms with E-state index >= 15 is 0 Å². The molecule has 7 nitrogen and oxygen atoms in total. The Kier molecular flexibility index (Phi) is 8.02. The quantitative estimate of drug-likeness (QED) is 0.547. The van der Waals surface area contributed by atoms with Crippen molar-refractivity contribution in [1.82, 2.24) is 9.21 Å². The van der Waals surface area contributed by atoms with Gasteiger partial charge in [0, 0.05) is 31.8 Å². The van der Waals surface area contributed by atoms with Gasteiger partial charge in [0.15, 0.2) is 9.84 Å². The molecule has 0 spiro atoms. The molecule has 0 radical (unpaired) electrons. The van der Waals surface area contributed by atoms with Gasteiger partial charge in [0.2, 0.25) is 15.9 Å². The molecule has 1 heterocycles. The second-order valence-corrected chi connectivity index (χ2v) is 11.2. The first-order valence-electron chi connectivity index (χ1n) is 9.94. The van der Waals surface area contributed by atoms with Gasteiger partial charge in [0.05, 0.1) is 16.4 Å². The normalized spacial score (nSPS) is 19.1. The van der Waals surface area contributed by atoms with Gasteiger partial charge >= 0.3 is 0 Å². The fourth-order valence-corrected chi connectivity index (χ4v) is 6.65. The van der Waals surface area contributed by atoms with Gasteiger partial charge in [0.1, 0.15) is 0 Å². The maximum absolute atomic E-state index is 12.6. The zero-order chi connectivity index (χ0) is 21.7. The van der Waals surface area contributed by atoms with E-state index in [1.54, 1.807) is 37.0 Å². The Morgan fingerprint density at radius 1 is 1.14 bits per heavy atom. The van der Waals surface area contributed by atoms with Crippen molar-refractivity contribution in [3.8, 4) is 0 Å². The molecule has 9 heteroatoms. The van der Waals surface area contributed by atoms with E-state index in [2.05, 4.69) is 0 Å². The number of sulfonamides is 1. The van der Waals surface area contributed by atoms with Crippen LogP contribution in [0.5, 0.6) is 0 Å². The Balaban J connectivity index is 2.13. The predicted molar refractivity (Wildman–Crippen MR) is 115 cm³/mol. The number of hydrogen-bond acceptors (Lipinski definition) is 5. The molecule has 29 heavy (non-hydrogen) atoms. The lowest BCUT2D eigenvalue weighted by Crippen LogP contribution is -2.40. The van der Waals surface area contributed by atoms with Crippen molar-refractivity contribution in [2.75, 3.05) is 31.1 Å². The summed E-state index contributed by atoms with van der Waals surface area (Å²) in [6.07, 6.45) is 4.27. The average molecular weight is 443 g/mol. The molecule has 1 fully saturated rings. The number of carbonyl (C=O) groups is 1. The summed E-state index contributed by atoms with van der Waals surface area (Å²) in [6, 6.07) is 6.10.